The van der Waals surface area contributed by atoms with Gasteiger partial charge in [0, 0.05) is 6.54 Å². The Morgan fingerprint density at radius 2 is 1.69 bits per heavy atom. The van der Waals surface area contributed by atoms with Crippen molar-refractivity contribution >= 4 is 0 Å². The zero-order valence-corrected chi connectivity index (χ0v) is 11.0. The Hall–Kier alpha value is -0.860. The van der Waals surface area contributed by atoms with Crippen molar-refractivity contribution in [3.63, 3.8) is 0 Å². The fraction of sp³-hybridized carbons (Fsp3) is 0.571. The summed E-state index contributed by atoms with van der Waals surface area (Å²) in [6.07, 6.45) is 0.135. The average molecular weight is 221 g/mol. The molecule has 0 spiro atoms. The summed E-state index contributed by atoms with van der Waals surface area (Å²) in [5.74, 6) is 0. The van der Waals surface area contributed by atoms with Gasteiger partial charge in [-0.1, -0.05) is 30.3 Å². The van der Waals surface area contributed by atoms with Crippen molar-refractivity contribution in [3.8, 4) is 0 Å². The summed E-state index contributed by atoms with van der Waals surface area (Å²) in [5, 5.41) is 0. The first-order valence-electron chi connectivity index (χ1n) is 5.76. The molecule has 0 saturated carbocycles. The monoisotopic (exact) mass is 221 g/mol. The van der Waals surface area contributed by atoms with Crippen LogP contribution in [0.2, 0.25) is 0 Å². The third kappa shape index (κ3) is 4.77. The third-order valence-electron chi connectivity index (χ3n) is 2.20. The van der Waals surface area contributed by atoms with E-state index in [0.717, 1.165) is 6.54 Å². The fourth-order valence-corrected chi connectivity index (χ4v) is 1.64. The van der Waals surface area contributed by atoms with Crippen LogP contribution in [0.15, 0.2) is 30.3 Å². The SMILES string of the molecule is CN(C)CC(OC(C)(C)C)c1ccccc1. The van der Waals surface area contributed by atoms with Gasteiger partial charge in [0.1, 0.15) is 0 Å². The lowest BCUT2D eigenvalue weighted by Gasteiger charge is -2.29. The number of likely N-dealkylation sites (N-methyl/N-ethyl adjacent to an activating group) is 1. The van der Waals surface area contributed by atoms with Crippen molar-refractivity contribution in [1.82, 2.24) is 4.90 Å². The maximum Gasteiger partial charge on any atom is 0.0958 e. The van der Waals surface area contributed by atoms with Gasteiger partial charge in [-0.25, -0.2) is 0 Å². The van der Waals surface area contributed by atoms with E-state index in [1.54, 1.807) is 0 Å². The van der Waals surface area contributed by atoms with Crippen molar-refractivity contribution in [2.45, 2.75) is 32.5 Å². The topological polar surface area (TPSA) is 12.5 Å². The minimum Gasteiger partial charge on any atom is -0.367 e. The largest absolute Gasteiger partial charge is 0.367 e. The van der Waals surface area contributed by atoms with Gasteiger partial charge in [0.25, 0.3) is 0 Å². The van der Waals surface area contributed by atoms with Crippen molar-refractivity contribution < 1.29 is 4.74 Å². The highest BCUT2D eigenvalue weighted by Gasteiger charge is 2.20. The van der Waals surface area contributed by atoms with E-state index < -0.39 is 0 Å². The van der Waals surface area contributed by atoms with Crippen LogP contribution < -0.4 is 0 Å². The summed E-state index contributed by atoms with van der Waals surface area (Å²) >= 11 is 0. The van der Waals surface area contributed by atoms with Crippen LogP contribution in [-0.4, -0.2) is 31.1 Å². The first kappa shape index (κ1) is 13.2. The van der Waals surface area contributed by atoms with Gasteiger partial charge in [0.15, 0.2) is 0 Å². The van der Waals surface area contributed by atoms with Crippen molar-refractivity contribution in [1.29, 1.82) is 0 Å². The molecule has 1 rings (SSSR count). The molecule has 1 unspecified atom stereocenters. The Labute approximate surface area is 99.2 Å². The minimum atomic E-state index is -0.115. The molecule has 0 amide bonds. The first-order valence-corrected chi connectivity index (χ1v) is 5.76. The number of benzene rings is 1. The zero-order chi connectivity index (χ0) is 12.2. The van der Waals surface area contributed by atoms with Gasteiger partial charge in [-0.3, -0.25) is 0 Å². The summed E-state index contributed by atoms with van der Waals surface area (Å²) in [6, 6.07) is 10.4. The van der Waals surface area contributed by atoms with Gasteiger partial charge in [-0.15, -0.1) is 0 Å². The minimum absolute atomic E-state index is 0.115. The Morgan fingerprint density at radius 3 is 2.12 bits per heavy atom. The van der Waals surface area contributed by atoms with E-state index in [-0.39, 0.29) is 11.7 Å². The van der Waals surface area contributed by atoms with E-state index in [1.807, 2.05) is 6.07 Å². The molecule has 0 aliphatic carbocycles. The van der Waals surface area contributed by atoms with Crippen molar-refractivity contribution in [2.75, 3.05) is 20.6 Å². The van der Waals surface area contributed by atoms with Gasteiger partial charge >= 0.3 is 0 Å². The Bertz CT molecular complexity index is 300. The summed E-state index contributed by atoms with van der Waals surface area (Å²) in [7, 11) is 4.14. The highest BCUT2D eigenvalue weighted by Crippen LogP contribution is 2.24. The highest BCUT2D eigenvalue weighted by molar-refractivity contribution is 5.18. The lowest BCUT2D eigenvalue weighted by atomic mass is 10.1. The van der Waals surface area contributed by atoms with Gasteiger partial charge in [0.2, 0.25) is 0 Å². The van der Waals surface area contributed by atoms with E-state index in [9.17, 15) is 0 Å². The predicted octanol–water partition coefficient (Wildman–Crippen LogP) is 3.10. The summed E-state index contributed by atoms with van der Waals surface area (Å²) in [4.78, 5) is 2.16. The zero-order valence-electron chi connectivity index (χ0n) is 11.0. The molecular weight excluding hydrogens is 198 g/mol. The van der Waals surface area contributed by atoms with Gasteiger partial charge < -0.3 is 9.64 Å². The molecule has 0 radical (unpaired) electrons. The second kappa shape index (κ2) is 5.46. The van der Waals surface area contributed by atoms with E-state index in [1.165, 1.54) is 5.56 Å². The van der Waals surface area contributed by atoms with Gasteiger partial charge in [-0.2, -0.15) is 0 Å². The predicted molar refractivity (Wildman–Crippen MR) is 68.6 cm³/mol. The number of hydrogen-bond acceptors (Lipinski definition) is 2. The standard InChI is InChI=1S/C14H23NO/c1-14(2,3)16-13(11-15(4)5)12-9-7-6-8-10-12/h6-10,13H,11H2,1-5H3. The fourth-order valence-electron chi connectivity index (χ4n) is 1.64. The van der Waals surface area contributed by atoms with Gasteiger partial charge in [0.05, 0.1) is 11.7 Å². The molecule has 2 heteroatoms. The van der Waals surface area contributed by atoms with Crippen molar-refractivity contribution in [2.24, 2.45) is 0 Å². The average Bonchev–Trinajstić information content (AvgIpc) is 2.15. The van der Waals surface area contributed by atoms with E-state index in [4.69, 9.17) is 4.74 Å². The molecule has 0 fully saturated rings. The number of nitrogens with zero attached hydrogens (tertiary/aromatic N) is 1. The quantitative estimate of drug-likeness (QED) is 0.774. The Kier molecular flexibility index (Phi) is 4.51. The normalized spacial score (nSPS) is 14.1. The molecular formula is C14H23NO. The number of ether oxygens (including phenoxy) is 1. The lowest BCUT2D eigenvalue weighted by molar-refractivity contribution is -0.0697. The second-order valence-corrected chi connectivity index (χ2v) is 5.39. The molecule has 0 aromatic heterocycles. The van der Waals surface area contributed by atoms with Crippen LogP contribution in [0.25, 0.3) is 0 Å². The summed E-state index contributed by atoms with van der Waals surface area (Å²) in [5.41, 5.74) is 1.13. The smallest absolute Gasteiger partial charge is 0.0958 e. The van der Waals surface area contributed by atoms with E-state index in [2.05, 4.69) is 64.0 Å². The Morgan fingerprint density at radius 1 is 1.12 bits per heavy atom. The van der Waals surface area contributed by atoms with Crippen LogP contribution in [0.4, 0.5) is 0 Å². The van der Waals surface area contributed by atoms with Crippen LogP contribution in [0.5, 0.6) is 0 Å². The molecule has 16 heavy (non-hydrogen) atoms. The van der Waals surface area contributed by atoms with E-state index >= 15 is 0 Å². The first-order chi connectivity index (χ1) is 7.38. The van der Waals surface area contributed by atoms with Crippen LogP contribution in [0.1, 0.15) is 32.4 Å². The third-order valence-corrected chi connectivity index (χ3v) is 2.20. The molecule has 1 aromatic rings. The van der Waals surface area contributed by atoms with Crippen LogP contribution in [0, 0.1) is 0 Å². The molecule has 0 N–H and O–H groups in total. The molecule has 0 aliphatic heterocycles. The molecule has 90 valence electrons. The molecule has 0 bridgehead atoms. The molecule has 0 heterocycles. The molecule has 2 nitrogen and oxygen atoms in total. The second-order valence-electron chi connectivity index (χ2n) is 5.39. The molecule has 0 aliphatic rings. The lowest BCUT2D eigenvalue weighted by Crippen LogP contribution is -2.29. The van der Waals surface area contributed by atoms with Crippen molar-refractivity contribution in [3.05, 3.63) is 35.9 Å². The van der Waals surface area contributed by atoms with Crippen LogP contribution >= 0.6 is 0 Å². The maximum absolute atomic E-state index is 6.09. The van der Waals surface area contributed by atoms with E-state index in [0.29, 0.717) is 0 Å². The molecule has 1 aromatic carbocycles. The number of hydrogen-bond donors (Lipinski definition) is 0. The number of rotatable bonds is 4. The highest BCUT2D eigenvalue weighted by atomic mass is 16.5. The van der Waals surface area contributed by atoms with Gasteiger partial charge in [-0.05, 0) is 40.4 Å². The van der Waals surface area contributed by atoms with Crippen LogP contribution in [-0.2, 0) is 4.74 Å². The molecule has 1 atom stereocenters. The van der Waals surface area contributed by atoms with Crippen LogP contribution in [0.3, 0.4) is 0 Å². The summed E-state index contributed by atoms with van der Waals surface area (Å²) < 4.78 is 6.09. The maximum atomic E-state index is 6.09. The Balaban J connectivity index is 2.80. The molecule has 0 saturated heterocycles. The summed E-state index contributed by atoms with van der Waals surface area (Å²) in [6.45, 7) is 7.19.